The Bertz CT molecular complexity index is 1320. The molecule has 0 aliphatic carbocycles. The van der Waals surface area contributed by atoms with Crippen LogP contribution in [0.2, 0.25) is 0 Å². The monoisotopic (exact) mass is 533 g/mol. The Kier molecular flexibility index (Phi) is 9.53. The van der Waals surface area contributed by atoms with E-state index in [2.05, 4.69) is 10.3 Å². The Labute approximate surface area is 225 Å². The lowest BCUT2D eigenvalue weighted by atomic mass is 9.99. The third-order valence-electron chi connectivity index (χ3n) is 6.05. The minimum absolute atomic E-state index is 0.0663. The second-order valence-electron chi connectivity index (χ2n) is 8.88. The lowest BCUT2D eigenvalue weighted by Crippen LogP contribution is -2.26. The molecule has 0 saturated carbocycles. The third-order valence-corrected chi connectivity index (χ3v) is 6.78. The van der Waals surface area contributed by atoms with Crippen LogP contribution in [0, 0.1) is 6.92 Å². The molecule has 4 rings (SSSR count). The van der Waals surface area contributed by atoms with E-state index in [0.717, 1.165) is 29.7 Å². The summed E-state index contributed by atoms with van der Waals surface area (Å²) >= 11 is 1.60. The molecule has 0 bridgehead atoms. The molecule has 2 N–H and O–H groups in total. The molecule has 198 valence electrons. The summed E-state index contributed by atoms with van der Waals surface area (Å²) in [5.41, 5.74) is 3.28. The molecule has 9 heteroatoms. The van der Waals surface area contributed by atoms with E-state index < -0.39 is 12.1 Å². The molecule has 8 nitrogen and oxygen atoms in total. The summed E-state index contributed by atoms with van der Waals surface area (Å²) in [5, 5.41) is 16.3. The predicted molar refractivity (Wildman–Crippen MR) is 146 cm³/mol. The van der Waals surface area contributed by atoms with Gasteiger partial charge in [0.1, 0.15) is 24.2 Å². The fourth-order valence-electron chi connectivity index (χ4n) is 4.03. The van der Waals surface area contributed by atoms with Crippen LogP contribution >= 0.6 is 11.3 Å². The summed E-state index contributed by atoms with van der Waals surface area (Å²) < 4.78 is 14.3. The lowest BCUT2D eigenvalue weighted by molar-refractivity contribution is -0.137. The van der Waals surface area contributed by atoms with Gasteiger partial charge in [-0.15, -0.1) is 0 Å². The van der Waals surface area contributed by atoms with Crippen LogP contribution in [0.4, 0.5) is 0 Å². The van der Waals surface area contributed by atoms with E-state index in [1.165, 1.54) is 0 Å². The predicted octanol–water partition coefficient (Wildman–Crippen LogP) is 5.64. The molecule has 0 radical (unpaired) electrons. The van der Waals surface area contributed by atoms with Gasteiger partial charge in [0.05, 0.1) is 11.9 Å². The van der Waals surface area contributed by atoms with Crippen LogP contribution in [0.25, 0.3) is 0 Å². The van der Waals surface area contributed by atoms with E-state index in [4.69, 9.17) is 9.47 Å². The van der Waals surface area contributed by atoms with E-state index in [1.807, 2.05) is 58.8 Å². The normalized spacial score (nSPS) is 11.6. The number of hydrogen-bond donors (Lipinski definition) is 2. The van der Waals surface area contributed by atoms with Gasteiger partial charge < -0.3 is 24.5 Å². The zero-order chi connectivity index (χ0) is 26.7. The van der Waals surface area contributed by atoms with Crippen molar-refractivity contribution >= 4 is 23.2 Å². The Morgan fingerprint density at radius 3 is 2.79 bits per heavy atom. The summed E-state index contributed by atoms with van der Waals surface area (Å²) in [5.74, 6) is -0.268. The van der Waals surface area contributed by atoms with Crippen molar-refractivity contribution in [2.75, 3.05) is 6.54 Å². The van der Waals surface area contributed by atoms with Crippen LogP contribution in [0.15, 0.2) is 78.0 Å². The molecule has 38 heavy (non-hydrogen) atoms. The lowest BCUT2D eigenvalue weighted by Gasteiger charge is -2.23. The topological polar surface area (TPSA) is 103 Å². The number of carbonyl (C=O) groups is 2. The number of carboxylic acids is 1. The molecule has 4 aromatic rings. The van der Waals surface area contributed by atoms with Gasteiger partial charge in [0.15, 0.2) is 0 Å². The molecule has 2 aromatic heterocycles. The zero-order valence-electron chi connectivity index (χ0n) is 21.2. The van der Waals surface area contributed by atoms with Crippen LogP contribution in [0.5, 0.6) is 11.5 Å². The largest absolute Gasteiger partial charge is 0.489 e. The number of amides is 1. The summed E-state index contributed by atoms with van der Waals surface area (Å²) in [6.07, 6.45) is 5.73. The van der Waals surface area contributed by atoms with Crippen LogP contribution < -0.4 is 14.8 Å². The minimum atomic E-state index is -0.907. The molecule has 2 heterocycles. The van der Waals surface area contributed by atoms with Crippen molar-refractivity contribution in [1.82, 2.24) is 14.9 Å². The van der Waals surface area contributed by atoms with Crippen molar-refractivity contribution in [3.05, 3.63) is 100 Å². The van der Waals surface area contributed by atoms with E-state index in [1.54, 1.807) is 42.1 Å². The number of imidazole rings is 1. The quantitative estimate of drug-likeness (QED) is 0.204. The molecular formula is C29H31N3O5S. The minimum Gasteiger partial charge on any atom is -0.489 e. The van der Waals surface area contributed by atoms with E-state index in [0.29, 0.717) is 30.2 Å². The molecule has 0 saturated heterocycles. The van der Waals surface area contributed by atoms with Crippen molar-refractivity contribution in [2.24, 2.45) is 0 Å². The first-order chi connectivity index (χ1) is 18.5. The van der Waals surface area contributed by atoms with Gasteiger partial charge in [0, 0.05) is 38.0 Å². The Balaban J connectivity index is 1.54. The maximum absolute atomic E-state index is 13.2. The molecule has 0 fully saturated rings. The summed E-state index contributed by atoms with van der Waals surface area (Å²) in [4.78, 5) is 28.6. The second kappa shape index (κ2) is 13.4. The summed E-state index contributed by atoms with van der Waals surface area (Å²) in [7, 11) is 0. The fourth-order valence-corrected chi connectivity index (χ4v) is 4.68. The van der Waals surface area contributed by atoms with Crippen molar-refractivity contribution in [1.29, 1.82) is 0 Å². The number of nitrogens with one attached hydrogen (secondary N) is 1. The zero-order valence-corrected chi connectivity index (χ0v) is 22.0. The summed E-state index contributed by atoms with van der Waals surface area (Å²) in [6.45, 7) is 3.57. The number of carbonyl (C=O) groups excluding carboxylic acids is 1. The van der Waals surface area contributed by atoms with E-state index >= 15 is 0 Å². The van der Waals surface area contributed by atoms with Crippen LogP contribution in [0.1, 0.15) is 52.4 Å². The van der Waals surface area contributed by atoms with Crippen molar-refractivity contribution in [3.8, 4) is 11.5 Å². The first-order valence-electron chi connectivity index (χ1n) is 12.5. The van der Waals surface area contributed by atoms with Gasteiger partial charge in [-0.1, -0.05) is 24.3 Å². The number of carboxylic acid groups (broad SMARTS) is 1. The van der Waals surface area contributed by atoms with Crippen LogP contribution in [-0.2, 0) is 17.9 Å². The van der Waals surface area contributed by atoms with Gasteiger partial charge in [-0.25, -0.2) is 4.98 Å². The SMILES string of the molecule is Cc1ccccc1[C@H](CCC(=O)O)Oc1cc(OCc2ccsc2)ccc1C(=O)NCCCn1ccnc1. The number of aliphatic carboxylic acids is 1. The Morgan fingerprint density at radius 2 is 2.05 bits per heavy atom. The van der Waals surface area contributed by atoms with Crippen LogP contribution in [-0.4, -0.2) is 33.1 Å². The molecule has 0 spiro atoms. The van der Waals surface area contributed by atoms with E-state index in [-0.39, 0.29) is 18.7 Å². The van der Waals surface area contributed by atoms with Gasteiger partial charge in [0.25, 0.3) is 5.91 Å². The fraction of sp³-hybridized carbons (Fsp3) is 0.276. The Morgan fingerprint density at radius 1 is 1.18 bits per heavy atom. The van der Waals surface area contributed by atoms with Crippen LogP contribution in [0.3, 0.4) is 0 Å². The molecule has 0 aliphatic rings. The number of benzene rings is 2. The molecule has 2 aromatic carbocycles. The average molecular weight is 534 g/mol. The average Bonchev–Trinajstić information content (AvgIpc) is 3.63. The maximum Gasteiger partial charge on any atom is 0.303 e. The highest BCUT2D eigenvalue weighted by atomic mass is 32.1. The first-order valence-corrected chi connectivity index (χ1v) is 13.4. The number of nitrogens with zero attached hydrogens (tertiary/aromatic N) is 2. The van der Waals surface area contributed by atoms with Crippen molar-refractivity contribution in [3.63, 3.8) is 0 Å². The molecule has 1 atom stereocenters. The van der Waals surface area contributed by atoms with Crippen molar-refractivity contribution < 1.29 is 24.2 Å². The number of thiophene rings is 1. The van der Waals surface area contributed by atoms with Gasteiger partial charge in [0.2, 0.25) is 0 Å². The second-order valence-corrected chi connectivity index (χ2v) is 9.66. The highest BCUT2D eigenvalue weighted by molar-refractivity contribution is 7.07. The number of aryl methyl sites for hydroxylation is 2. The van der Waals surface area contributed by atoms with Crippen molar-refractivity contribution in [2.45, 2.75) is 45.4 Å². The smallest absolute Gasteiger partial charge is 0.303 e. The third kappa shape index (κ3) is 7.69. The number of hydrogen-bond acceptors (Lipinski definition) is 6. The highest BCUT2D eigenvalue weighted by Crippen LogP contribution is 2.33. The molecular weight excluding hydrogens is 502 g/mol. The Hall–Kier alpha value is -4.11. The van der Waals surface area contributed by atoms with E-state index in [9.17, 15) is 14.7 Å². The first kappa shape index (κ1) is 26.9. The summed E-state index contributed by atoms with van der Waals surface area (Å²) in [6, 6.07) is 14.8. The highest BCUT2D eigenvalue weighted by Gasteiger charge is 2.21. The molecule has 0 aliphatic heterocycles. The van der Waals surface area contributed by atoms with Gasteiger partial charge in [-0.05, 0) is 65.4 Å². The van der Waals surface area contributed by atoms with Gasteiger partial charge >= 0.3 is 5.97 Å². The number of rotatable bonds is 14. The van der Waals surface area contributed by atoms with Gasteiger partial charge in [-0.3, -0.25) is 9.59 Å². The standard InChI is InChI=1S/C29H31N3O5S/c1-21-5-2-3-6-24(21)26(9-10-28(33)34)37-27-17-23(36-18-22-11-16-38-19-22)7-8-25(27)29(35)31-12-4-14-32-15-13-30-20-32/h2-3,5-8,11,13,15-17,19-20,26H,4,9-10,12,14,18H2,1H3,(H,31,35)(H,33,34)/t26-/m0/s1. The molecule has 0 unspecified atom stereocenters. The number of aromatic nitrogens is 2. The maximum atomic E-state index is 13.2. The molecule has 1 amide bonds. The van der Waals surface area contributed by atoms with Gasteiger partial charge in [-0.2, -0.15) is 11.3 Å². The number of ether oxygens (including phenoxy) is 2.